The molecular weight excluding hydrogens is 310 g/mol. The van der Waals surface area contributed by atoms with Gasteiger partial charge in [0.05, 0.1) is 11.3 Å². The summed E-state index contributed by atoms with van der Waals surface area (Å²) in [5, 5.41) is 16.3. The monoisotopic (exact) mass is 327 g/mol. The SMILES string of the molecule is O=C(NCCNc1nsc2ccccc12)c1cccc(CO)c1. The molecule has 3 N–H and O–H groups in total. The average Bonchev–Trinajstić information content (AvgIpc) is 3.02. The third-order valence-corrected chi connectivity index (χ3v) is 4.28. The first kappa shape index (κ1) is 15.5. The molecule has 3 rings (SSSR count). The van der Waals surface area contributed by atoms with Crippen molar-refractivity contribution < 1.29 is 9.90 Å². The molecule has 1 heterocycles. The lowest BCUT2D eigenvalue weighted by Crippen LogP contribution is -2.28. The summed E-state index contributed by atoms with van der Waals surface area (Å²) in [6.07, 6.45) is 0. The molecule has 2 aromatic carbocycles. The van der Waals surface area contributed by atoms with Crippen LogP contribution in [0.25, 0.3) is 10.1 Å². The van der Waals surface area contributed by atoms with Crippen molar-refractivity contribution in [3.63, 3.8) is 0 Å². The van der Waals surface area contributed by atoms with Crippen LogP contribution < -0.4 is 10.6 Å². The average molecular weight is 327 g/mol. The highest BCUT2D eigenvalue weighted by Crippen LogP contribution is 2.25. The first-order chi connectivity index (χ1) is 11.3. The minimum atomic E-state index is -0.148. The summed E-state index contributed by atoms with van der Waals surface area (Å²) in [6, 6.07) is 15.0. The Morgan fingerprint density at radius 1 is 1.13 bits per heavy atom. The van der Waals surface area contributed by atoms with Crippen molar-refractivity contribution in [2.75, 3.05) is 18.4 Å². The Kier molecular flexibility index (Phi) is 4.85. The van der Waals surface area contributed by atoms with Gasteiger partial charge in [-0.25, -0.2) is 0 Å². The maximum Gasteiger partial charge on any atom is 0.251 e. The van der Waals surface area contributed by atoms with E-state index in [0.717, 1.165) is 21.5 Å². The van der Waals surface area contributed by atoms with E-state index in [1.807, 2.05) is 24.3 Å². The van der Waals surface area contributed by atoms with Crippen LogP contribution in [-0.4, -0.2) is 28.5 Å². The Bertz CT molecular complexity index is 816. The summed E-state index contributed by atoms with van der Waals surface area (Å²) in [6.45, 7) is 1.02. The smallest absolute Gasteiger partial charge is 0.251 e. The van der Waals surface area contributed by atoms with Crippen molar-refractivity contribution in [1.82, 2.24) is 9.69 Å². The van der Waals surface area contributed by atoms with E-state index in [-0.39, 0.29) is 12.5 Å². The van der Waals surface area contributed by atoms with Crippen LogP contribution in [-0.2, 0) is 6.61 Å². The van der Waals surface area contributed by atoms with Gasteiger partial charge in [0.15, 0.2) is 0 Å². The van der Waals surface area contributed by atoms with E-state index in [2.05, 4.69) is 15.0 Å². The zero-order valence-electron chi connectivity index (χ0n) is 12.5. The number of amides is 1. The molecule has 0 aliphatic carbocycles. The maximum atomic E-state index is 12.1. The molecule has 118 valence electrons. The molecule has 23 heavy (non-hydrogen) atoms. The van der Waals surface area contributed by atoms with Gasteiger partial charge in [0, 0.05) is 24.0 Å². The van der Waals surface area contributed by atoms with Crippen LogP contribution in [0.15, 0.2) is 48.5 Å². The number of benzene rings is 2. The lowest BCUT2D eigenvalue weighted by molar-refractivity contribution is 0.0955. The molecule has 1 amide bonds. The van der Waals surface area contributed by atoms with Crippen LogP contribution in [0.4, 0.5) is 5.82 Å². The Hall–Kier alpha value is -2.44. The number of hydrogen-bond donors (Lipinski definition) is 3. The van der Waals surface area contributed by atoms with E-state index in [9.17, 15) is 4.79 Å². The minimum absolute atomic E-state index is 0.0699. The second kappa shape index (κ2) is 7.21. The van der Waals surface area contributed by atoms with Crippen molar-refractivity contribution in [2.45, 2.75) is 6.61 Å². The number of aliphatic hydroxyl groups excluding tert-OH is 1. The molecule has 6 heteroatoms. The summed E-state index contributed by atoms with van der Waals surface area (Å²) in [7, 11) is 0. The highest BCUT2D eigenvalue weighted by atomic mass is 32.1. The fourth-order valence-corrected chi connectivity index (χ4v) is 3.04. The summed E-state index contributed by atoms with van der Waals surface area (Å²) in [5.74, 6) is 0.701. The normalized spacial score (nSPS) is 10.7. The van der Waals surface area contributed by atoms with E-state index in [1.165, 1.54) is 11.5 Å². The molecule has 0 aliphatic rings. The summed E-state index contributed by atoms with van der Waals surface area (Å²) in [5.41, 5.74) is 1.28. The largest absolute Gasteiger partial charge is 0.392 e. The van der Waals surface area contributed by atoms with Gasteiger partial charge in [-0.15, -0.1) is 0 Å². The lowest BCUT2D eigenvalue weighted by Gasteiger charge is -2.07. The van der Waals surface area contributed by atoms with Crippen molar-refractivity contribution in [3.05, 3.63) is 59.7 Å². The Morgan fingerprint density at radius 2 is 2.00 bits per heavy atom. The summed E-state index contributed by atoms with van der Waals surface area (Å²) >= 11 is 1.46. The summed E-state index contributed by atoms with van der Waals surface area (Å²) in [4.78, 5) is 12.1. The predicted octanol–water partition coefficient (Wildman–Crippen LogP) is 2.63. The molecule has 0 radical (unpaired) electrons. The highest BCUT2D eigenvalue weighted by molar-refractivity contribution is 7.13. The number of nitrogens with one attached hydrogen (secondary N) is 2. The van der Waals surface area contributed by atoms with Gasteiger partial charge in [-0.1, -0.05) is 24.3 Å². The predicted molar refractivity (Wildman–Crippen MR) is 92.8 cm³/mol. The van der Waals surface area contributed by atoms with E-state index in [1.54, 1.807) is 24.3 Å². The first-order valence-electron chi connectivity index (χ1n) is 7.34. The van der Waals surface area contributed by atoms with Crippen LogP contribution in [0.5, 0.6) is 0 Å². The van der Waals surface area contributed by atoms with Crippen molar-refractivity contribution in [3.8, 4) is 0 Å². The van der Waals surface area contributed by atoms with Gasteiger partial charge in [0.2, 0.25) is 0 Å². The number of nitrogens with zero attached hydrogens (tertiary/aromatic N) is 1. The van der Waals surface area contributed by atoms with Crippen molar-refractivity contribution in [2.24, 2.45) is 0 Å². The maximum absolute atomic E-state index is 12.1. The number of anilines is 1. The third-order valence-electron chi connectivity index (χ3n) is 3.45. The Labute approximate surface area is 138 Å². The van der Waals surface area contributed by atoms with Crippen LogP contribution in [0, 0.1) is 0 Å². The van der Waals surface area contributed by atoms with Gasteiger partial charge in [-0.2, -0.15) is 4.37 Å². The zero-order valence-corrected chi connectivity index (χ0v) is 13.3. The number of aliphatic hydroxyl groups is 1. The van der Waals surface area contributed by atoms with E-state index in [4.69, 9.17) is 5.11 Å². The standard InChI is InChI=1S/C17H17N3O2S/c21-11-12-4-3-5-13(10-12)17(22)19-9-8-18-16-14-6-1-2-7-15(14)23-20-16/h1-7,10,21H,8-9,11H2,(H,18,20)(H,19,22). The number of carbonyl (C=O) groups is 1. The minimum Gasteiger partial charge on any atom is -0.392 e. The molecule has 1 aromatic heterocycles. The van der Waals surface area contributed by atoms with Gasteiger partial charge in [-0.05, 0) is 41.4 Å². The van der Waals surface area contributed by atoms with Crippen LogP contribution >= 0.6 is 11.5 Å². The molecule has 5 nitrogen and oxygen atoms in total. The second-order valence-electron chi connectivity index (χ2n) is 5.07. The number of hydrogen-bond acceptors (Lipinski definition) is 5. The van der Waals surface area contributed by atoms with Gasteiger partial charge in [0.25, 0.3) is 5.91 Å². The number of carbonyl (C=O) groups excluding carboxylic acids is 1. The van der Waals surface area contributed by atoms with Crippen molar-refractivity contribution >= 4 is 33.3 Å². The van der Waals surface area contributed by atoms with Crippen LogP contribution in [0.2, 0.25) is 0 Å². The zero-order chi connectivity index (χ0) is 16.1. The molecule has 0 atom stereocenters. The quantitative estimate of drug-likeness (QED) is 0.609. The van der Waals surface area contributed by atoms with E-state index < -0.39 is 0 Å². The molecule has 3 aromatic rings. The summed E-state index contributed by atoms with van der Waals surface area (Å²) < 4.78 is 5.52. The molecular formula is C17H17N3O2S. The number of rotatable bonds is 6. The molecule has 0 saturated heterocycles. The molecule has 0 bridgehead atoms. The second-order valence-corrected chi connectivity index (χ2v) is 5.87. The molecule has 0 aliphatic heterocycles. The van der Waals surface area contributed by atoms with Crippen molar-refractivity contribution in [1.29, 1.82) is 0 Å². The van der Waals surface area contributed by atoms with Gasteiger partial charge >= 0.3 is 0 Å². The molecule has 0 saturated carbocycles. The van der Waals surface area contributed by atoms with E-state index >= 15 is 0 Å². The van der Waals surface area contributed by atoms with Crippen LogP contribution in [0.1, 0.15) is 15.9 Å². The fraction of sp³-hybridized carbons (Fsp3) is 0.176. The van der Waals surface area contributed by atoms with Crippen LogP contribution in [0.3, 0.4) is 0 Å². The highest BCUT2D eigenvalue weighted by Gasteiger charge is 2.07. The number of aromatic nitrogens is 1. The molecule has 0 unspecified atom stereocenters. The van der Waals surface area contributed by atoms with Gasteiger partial charge in [-0.3, -0.25) is 4.79 Å². The van der Waals surface area contributed by atoms with Gasteiger partial charge in [0.1, 0.15) is 5.82 Å². The van der Waals surface area contributed by atoms with Gasteiger partial charge < -0.3 is 15.7 Å². The third kappa shape index (κ3) is 3.67. The Morgan fingerprint density at radius 3 is 2.87 bits per heavy atom. The Balaban J connectivity index is 1.52. The topological polar surface area (TPSA) is 74.2 Å². The number of fused-ring (bicyclic) bond motifs is 1. The first-order valence-corrected chi connectivity index (χ1v) is 8.11. The lowest BCUT2D eigenvalue weighted by atomic mass is 10.1. The fourth-order valence-electron chi connectivity index (χ4n) is 2.28. The van der Waals surface area contributed by atoms with E-state index in [0.29, 0.717) is 18.7 Å². The molecule has 0 spiro atoms. The molecule has 0 fully saturated rings.